The van der Waals surface area contributed by atoms with E-state index in [4.69, 9.17) is 28.8 Å². The summed E-state index contributed by atoms with van der Waals surface area (Å²) in [6.07, 6.45) is 0. The number of carbonyl (C=O) groups excluding carboxylic acids is 1. The van der Waals surface area contributed by atoms with Crippen molar-refractivity contribution in [2.24, 2.45) is 0 Å². The predicted molar refractivity (Wildman–Crippen MR) is 104 cm³/mol. The van der Waals surface area contributed by atoms with Crippen LogP contribution in [0.15, 0.2) is 27.4 Å². The van der Waals surface area contributed by atoms with E-state index in [0.29, 0.717) is 28.5 Å². The van der Waals surface area contributed by atoms with E-state index in [0.717, 1.165) is 0 Å². The van der Waals surface area contributed by atoms with Gasteiger partial charge in [-0.3, -0.25) is 10.2 Å². The highest BCUT2D eigenvalue weighted by molar-refractivity contribution is 6.06. The van der Waals surface area contributed by atoms with Crippen molar-refractivity contribution in [1.82, 2.24) is 4.98 Å². The lowest BCUT2D eigenvalue weighted by atomic mass is 9.96. The molecule has 0 aliphatic rings. The van der Waals surface area contributed by atoms with Gasteiger partial charge in [-0.15, -0.1) is 0 Å². The van der Waals surface area contributed by atoms with Crippen molar-refractivity contribution in [2.75, 3.05) is 28.4 Å². The van der Waals surface area contributed by atoms with Crippen LogP contribution in [0, 0.1) is 12.3 Å². The molecular formula is C20H20N2O7. The molecule has 0 spiro atoms. The van der Waals surface area contributed by atoms with Gasteiger partial charge in [-0.25, -0.2) is 4.79 Å². The van der Waals surface area contributed by atoms with Gasteiger partial charge in [-0.1, -0.05) is 0 Å². The molecule has 1 aromatic carbocycles. The Bertz CT molecular complexity index is 1200. The molecule has 9 heteroatoms. The van der Waals surface area contributed by atoms with Gasteiger partial charge in [-0.2, -0.15) is 0 Å². The molecule has 0 amide bonds. The smallest absolute Gasteiger partial charge is 0.344 e. The lowest BCUT2D eigenvalue weighted by molar-refractivity contribution is 0.0596. The molecule has 152 valence electrons. The van der Waals surface area contributed by atoms with E-state index in [9.17, 15) is 9.59 Å². The molecule has 0 aliphatic heterocycles. The summed E-state index contributed by atoms with van der Waals surface area (Å²) in [6.45, 7) is 1.69. The number of aromatic amines is 1. The summed E-state index contributed by atoms with van der Waals surface area (Å²) in [7, 11) is 5.55. The molecule has 0 saturated carbocycles. The maximum Gasteiger partial charge on any atom is 0.344 e. The topological polar surface area (TPSA) is 124 Å². The summed E-state index contributed by atoms with van der Waals surface area (Å²) in [5, 5.41) is 8.32. The van der Waals surface area contributed by atoms with Gasteiger partial charge in [0.25, 0.3) is 5.56 Å². The van der Waals surface area contributed by atoms with Crippen LogP contribution in [0.3, 0.4) is 0 Å². The Morgan fingerprint density at radius 1 is 1.03 bits per heavy atom. The predicted octanol–water partition coefficient (Wildman–Crippen LogP) is 2.39. The Morgan fingerprint density at radius 3 is 2.17 bits per heavy atom. The molecule has 2 heterocycles. The number of H-pyrrole nitrogens is 1. The number of rotatable bonds is 5. The number of aryl methyl sites for hydroxylation is 1. The van der Waals surface area contributed by atoms with Gasteiger partial charge in [0.1, 0.15) is 11.1 Å². The number of pyridine rings is 1. The molecule has 3 rings (SSSR count). The number of methoxy groups -OCH3 is 4. The van der Waals surface area contributed by atoms with Crippen LogP contribution in [0.2, 0.25) is 0 Å². The number of benzene rings is 1. The van der Waals surface area contributed by atoms with Gasteiger partial charge in [0.15, 0.2) is 11.5 Å². The quantitative estimate of drug-likeness (QED) is 0.630. The lowest BCUT2D eigenvalue weighted by Gasteiger charge is -2.16. The molecule has 9 nitrogen and oxygen atoms in total. The van der Waals surface area contributed by atoms with E-state index < -0.39 is 17.1 Å². The number of esters is 1. The largest absolute Gasteiger partial charge is 0.493 e. The van der Waals surface area contributed by atoms with Crippen LogP contribution in [0.1, 0.15) is 16.1 Å². The Hall–Kier alpha value is -3.75. The minimum Gasteiger partial charge on any atom is -0.493 e. The first-order chi connectivity index (χ1) is 13.9. The average molecular weight is 400 g/mol. The van der Waals surface area contributed by atoms with Gasteiger partial charge < -0.3 is 28.3 Å². The zero-order chi connectivity index (χ0) is 21.3. The van der Waals surface area contributed by atoms with E-state index >= 15 is 0 Å². The Morgan fingerprint density at radius 2 is 1.66 bits per heavy atom. The molecule has 0 saturated heterocycles. The molecular weight excluding hydrogens is 380 g/mol. The third kappa shape index (κ3) is 3.31. The normalized spacial score (nSPS) is 10.7. The molecule has 0 bridgehead atoms. The maximum absolute atomic E-state index is 12.8. The Kier molecular flexibility index (Phi) is 5.31. The van der Waals surface area contributed by atoms with Crippen LogP contribution in [0.4, 0.5) is 0 Å². The van der Waals surface area contributed by atoms with Crippen molar-refractivity contribution in [1.29, 1.82) is 5.41 Å². The second-order valence-corrected chi connectivity index (χ2v) is 6.11. The van der Waals surface area contributed by atoms with Gasteiger partial charge >= 0.3 is 5.97 Å². The lowest BCUT2D eigenvalue weighted by Crippen LogP contribution is -2.21. The third-order valence-corrected chi connectivity index (χ3v) is 4.41. The molecule has 0 unspecified atom stereocenters. The molecule has 0 fully saturated rings. The SMILES string of the molecule is COC(=O)c1c(-c2cc(OC)c(OC)c(OC)c2)c2c(=O)[nH]c(C)cc2oc1=N. The van der Waals surface area contributed by atoms with Crippen LogP contribution >= 0.6 is 0 Å². The average Bonchev–Trinajstić information content (AvgIpc) is 2.70. The summed E-state index contributed by atoms with van der Waals surface area (Å²) in [5.74, 6) is 0.173. The number of nitrogens with one attached hydrogen (secondary N) is 2. The first-order valence-corrected chi connectivity index (χ1v) is 8.50. The monoisotopic (exact) mass is 400 g/mol. The van der Waals surface area contributed by atoms with Crippen molar-refractivity contribution >= 4 is 16.9 Å². The second-order valence-electron chi connectivity index (χ2n) is 6.11. The van der Waals surface area contributed by atoms with Gasteiger partial charge in [-0.05, 0) is 24.6 Å². The minimum atomic E-state index is -0.815. The van der Waals surface area contributed by atoms with E-state index in [1.807, 2.05) is 0 Å². The van der Waals surface area contributed by atoms with Crippen molar-refractivity contribution in [3.05, 3.63) is 45.4 Å². The maximum atomic E-state index is 12.8. The Balaban J connectivity index is 2.56. The standard InChI is InChI=1S/C20H20N2O7/c1-9-6-11-15(19(23)22-9)14(16(18(21)29-11)20(24)28-5)10-7-12(25-2)17(27-4)13(8-10)26-3/h6-8,21H,1-5H3,(H,22,23). The summed E-state index contributed by atoms with van der Waals surface area (Å²) < 4.78 is 26.4. The van der Waals surface area contributed by atoms with Crippen LogP contribution < -0.4 is 25.3 Å². The fourth-order valence-electron chi connectivity index (χ4n) is 3.19. The van der Waals surface area contributed by atoms with E-state index in [1.165, 1.54) is 28.4 Å². The first-order valence-electron chi connectivity index (χ1n) is 8.50. The van der Waals surface area contributed by atoms with Crippen molar-refractivity contribution in [3.63, 3.8) is 0 Å². The second kappa shape index (κ2) is 7.70. The first kappa shape index (κ1) is 20.0. The number of hydrogen-bond acceptors (Lipinski definition) is 8. The van der Waals surface area contributed by atoms with Crippen LogP contribution in [-0.2, 0) is 4.74 Å². The van der Waals surface area contributed by atoms with Crippen LogP contribution in [-0.4, -0.2) is 39.4 Å². The summed E-state index contributed by atoms with van der Waals surface area (Å²) in [5.41, 5.74) is 0.173. The zero-order valence-electron chi connectivity index (χ0n) is 16.6. The van der Waals surface area contributed by atoms with E-state index in [2.05, 4.69) is 4.98 Å². The van der Waals surface area contributed by atoms with Crippen molar-refractivity contribution in [2.45, 2.75) is 6.92 Å². The zero-order valence-corrected chi connectivity index (χ0v) is 16.6. The van der Waals surface area contributed by atoms with Gasteiger partial charge in [0.05, 0.1) is 33.8 Å². The number of ether oxygens (including phenoxy) is 4. The number of hydrogen-bond donors (Lipinski definition) is 2. The summed E-state index contributed by atoms with van der Waals surface area (Å²) in [6, 6.07) is 4.75. The molecule has 2 aromatic heterocycles. The third-order valence-electron chi connectivity index (χ3n) is 4.41. The van der Waals surface area contributed by atoms with E-state index in [-0.39, 0.29) is 22.1 Å². The molecule has 0 radical (unpaired) electrons. The fraction of sp³-hybridized carbons (Fsp3) is 0.250. The number of carbonyl (C=O) groups is 1. The molecule has 2 N–H and O–H groups in total. The summed E-state index contributed by atoms with van der Waals surface area (Å²) >= 11 is 0. The minimum absolute atomic E-state index is 0.0984. The molecule has 0 aliphatic carbocycles. The highest BCUT2D eigenvalue weighted by Crippen LogP contribution is 2.42. The fourth-order valence-corrected chi connectivity index (χ4v) is 3.19. The highest BCUT2D eigenvalue weighted by Gasteiger charge is 2.25. The Labute approximate surface area is 165 Å². The van der Waals surface area contributed by atoms with Crippen LogP contribution in [0.5, 0.6) is 17.2 Å². The van der Waals surface area contributed by atoms with Crippen molar-refractivity contribution < 1.29 is 28.2 Å². The highest BCUT2D eigenvalue weighted by atomic mass is 16.5. The van der Waals surface area contributed by atoms with Crippen LogP contribution in [0.25, 0.3) is 22.1 Å². The van der Waals surface area contributed by atoms with E-state index in [1.54, 1.807) is 25.1 Å². The molecule has 29 heavy (non-hydrogen) atoms. The molecule has 3 aromatic rings. The molecule has 0 atom stereocenters. The van der Waals surface area contributed by atoms with Crippen molar-refractivity contribution in [3.8, 4) is 28.4 Å². The summed E-state index contributed by atoms with van der Waals surface area (Å²) in [4.78, 5) is 28.0. The number of aromatic nitrogens is 1. The number of fused-ring (bicyclic) bond motifs is 1. The van der Waals surface area contributed by atoms with Gasteiger partial charge in [0, 0.05) is 17.3 Å². The van der Waals surface area contributed by atoms with Gasteiger partial charge in [0.2, 0.25) is 11.3 Å².